The van der Waals surface area contributed by atoms with Crippen molar-refractivity contribution in [3.8, 4) is 0 Å². The molecular formula is C20H23FN2. The molecule has 1 N–H and O–H groups in total. The molecule has 0 aliphatic carbocycles. The van der Waals surface area contributed by atoms with Gasteiger partial charge in [0.1, 0.15) is 5.82 Å². The van der Waals surface area contributed by atoms with Crippen molar-refractivity contribution in [1.29, 1.82) is 0 Å². The number of anilines is 1. The predicted molar refractivity (Wildman–Crippen MR) is 96.0 cm³/mol. The van der Waals surface area contributed by atoms with E-state index in [1.165, 1.54) is 11.6 Å². The lowest BCUT2D eigenvalue weighted by Gasteiger charge is -2.23. The van der Waals surface area contributed by atoms with Gasteiger partial charge >= 0.3 is 0 Å². The van der Waals surface area contributed by atoms with E-state index < -0.39 is 0 Å². The summed E-state index contributed by atoms with van der Waals surface area (Å²) in [6.07, 6.45) is 3.53. The maximum absolute atomic E-state index is 14.1. The minimum atomic E-state index is -0.222. The molecule has 0 aliphatic heterocycles. The molecule has 23 heavy (non-hydrogen) atoms. The summed E-state index contributed by atoms with van der Waals surface area (Å²) >= 11 is 0. The second-order valence-electron chi connectivity index (χ2n) is 5.36. The summed E-state index contributed by atoms with van der Waals surface area (Å²) in [5.41, 5.74) is 2.87. The van der Waals surface area contributed by atoms with Crippen LogP contribution in [0.3, 0.4) is 0 Å². The molecule has 2 nitrogen and oxygen atoms in total. The van der Waals surface area contributed by atoms with Crippen molar-refractivity contribution in [1.82, 2.24) is 5.32 Å². The van der Waals surface area contributed by atoms with Gasteiger partial charge in [-0.15, -0.1) is 13.2 Å². The third-order valence-electron chi connectivity index (χ3n) is 3.55. The highest BCUT2D eigenvalue weighted by Gasteiger charge is 2.10. The summed E-state index contributed by atoms with van der Waals surface area (Å²) in [5.74, 6) is -0.222. The van der Waals surface area contributed by atoms with Crippen LogP contribution in [0, 0.1) is 5.82 Å². The van der Waals surface area contributed by atoms with Crippen LogP contribution in [0.1, 0.15) is 11.1 Å². The van der Waals surface area contributed by atoms with Crippen LogP contribution in [-0.2, 0) is 13.1 Å². The van der Waals surface area contributed by atoms with Crippen LogP contribution < -0.4 is 10.2 Å². The van der Waals surface area contributed by atoms with E-state index in [4.69, 9.17) is 0 Å². The van der Waals surface area contributed by atoms with Crippen LogP contribution in [0.15, 0.2) is 73.8 Å². The van der Waals surface area contributed by atoms with E-state index in [-0.39, 0.29) is 5.82 Å². The number of rotatable bonds is 9. The number of benzene rings is 2. The number of hydrogen-bond donors (Lipinski definition) is 1. The first-order valence-electron chi connectivity index (χ1n) is 7.74. The van der Waals surface area contributed by atoms with Gasteiger partial charge in [-0.25, -0.2) is 4.39 Å². The van der Waals surface area contributed by atoms with Crippen molar-refractivity contribution in [2.45, 2.75) is 13.1 Å². The highest BCUT2D eigenvalue weighted by molar-refractivity contribution is 5.51. The van der Waals surface area contributed by atoms with Crippen molar-refractivity contribution in [3.05, 3.63) is 90.8 Å². The zero-order valence-electron chi connectivity index (χ0n) is 13.3. The van der Waals surface area contributed by atoms with E-state index in [9.17, 15) is 4.39 Å². The first-order valence-corrected chi connectivity index (χ1v) is 7.74. The minimum Gasteiger partial charge on any atom is -0.362 e. The molecule has 2 rings (SSSR count). The monoisotopic (exact) mass is 310 g/mol. The molecule has 0 aliphatic rings. The normalized spacial score (nSPS) is 10.3. The lowest BCUT2D eigenvalue weighted by molar-refractivity contribution is 0.620. The van der Waals surface area contributed by atoms with Crippen LogP contribution in [0.5, 0.6) is 0 Å². The molecule has 0 spiro atoms. The quantitative estimate of drug-likeness (QED) is 0.695. The Morgan fingerprint density at radius 2 is 1.57 bits per heavy atom. The van der Waals surface area contributed by atoms with E-state index in [0.717, 1.165) is 12.1 Å². The summed E-state index contributed by atoms with van der Waals surface area (Å²) in [6, 6.07) is 15.4. The lowest BCUT2D eigenvalue weighted by Crippen LogP contribution is -2.24. The second kappa shape index (κ2) is 8.91. The van der Waals surface area contributed by atoms with E-state index >= 15 is 0 Å². The summed E-state index contributed by atoms with van der Waals surface area (Å²) in [4.78, 5) is 1.91. The smallest absolute Gasteiger partial charge is 0.146 e. The maximum Gasteiger partial charge on any atom is 0.146 e. The van der Waals surface area contributed by atoms with E-state index in [0.29, 0.717) is 25.3 Å². The molecule has 0 unspecified atom stereocenters. The molecule has 0 atom stereocenters. The Bertz CT molecular complexity index is 627. The molecule has 0 radical (unpaired) electrons. The van der Waals surface area contributed by atoms with E-state index in [1.807, 2.05) is 35.2 Å². The van der Waals surface area contributed by atoms with Gasteiger partial charge in [-0.05, 0) is 23.3 Å². The van der Waals surface area contributed by atoms with Gasteiger partial charge in [0.15, 0.2) is 0 Å². The Labute approximate surface area is 138 Å². The number of halogens is 1. The highest BCUT2D eigenvalue weighted by Crippen LogP contribution is 2.21. The molecule has 0 fully saturated rings. The van der Waals surface area contributed by atoms with E-state index in [2.05, 4.69) is 30.6 Å². The van der Waals surface area contributed by atoms with Gasteiger partial charge in [0.05, 0.1) is 5.69 Å². The number of nitrogens with zero attached hydrogens (tertiary/aromatic N) is 1. The number of hydrogen-bond acceptors (Lipinski definition) is 2. The average molecular weight is 310 g/mol. The highest BCUT2D eigenvalue weighted by atomic mass is 19.1. The van der Waals surface area contributed by atoms with Gasteiger partial charge < -0.3 is 10.2 Å². The van der Waals surface area contributed by atoms with Gasteiger partial charge in [0, 0.05) is 26.2 Å². The van der Waals surface area contributed by atoms with Crippen molar-refractivity contribution in [2.24, 2.45) is 0 Å². The van der Waals surface area contributed by atoms with Crippen LogP contribution in [0.2, 0.25) is 0 Å². The SMILES string of the molecule is C=CCN(CC=C)c1cc(CNCc2ccccc2)ccc1F. The lowest BCUT2D eigenvalue weighted by atomic mass is 10.1. The molecular weight excluding hydrogens is 287 g/mol. The standard InChI is InChI=1S/C20H23FN2/c1-3-12-23(13-4-2)20-14-18(10-11-19(20)21)16-22-15-17-8-6-5-7-9-17/h3-11,14,22H,1-2,12-13,15-16H2. The molecule has 2 aromatic rings. The Balaban J connectivity index is 2.03. The Kier molecular flexibility index (Phi) is 6.57. The van der Waals surface area contributed by atoms with Gasteiger partial charge in [0.2, 0.25) is 0 Å². The second-order valence-corrected chi connectivity index (χ2v) is 5.36. The molecule has 120 valence electrons. The first-order chi connectivity index (χ1) is 11.2. The summed E-state index contributed by atoms with van der Waals surface area (Å²) in [7, 11) is 0. The molecule has 0 amide bonds. The zero-order valence-corrected chi connectivity index (χ0v) is 13.3. The molecule has 2 aromatic carbocycles. The van der Waals surface area contributed by atoms with Crippen LogP contribution in [0.4, 0.5) is 10.1 Å². The zero-order chi connectivity index (χ0) is 16.5. The molecule has 0 saturated carbocycles. The Morgan fingerprint density at radius 1 is 0.913 bits per heavy atom. The largest absolute Gasteiger partial charge is 0.362 e. The molecule has 0 aromatic heterocycles. The van der Waals surface area contributed by atoms with Gasteiger partial charge in [-0.3, -0.25) is 0 Å². The fourth-order valence-corrected chi connectivity index (χ4v) is 2.44. The molecule has 0 bridgehead atoms. The molecule has 0 heterocycles. The topological polar surface area (TPSA) is 15.3 Å². The summed E-state index contributed by atoms with van der Waals surface area (Å²) < 4.78 is 14.1. The first kappa shape index (κ1) is 17.0. The summed E-state index contributed by atoms with van der Waals surface area (Å²) in [6.45, 7) is 10.1. The fourth-order valence-electron chi connectivity index (χ4n) is 2.44. The van der Waals surface area contributed by atoms with Crippen molar-refractivity contribution < 1.29 is 4.39 Å². The van der Waals surface area contributed by atoms with Crippen LogP contribution in [-0.4, -0.2) is 13.1 Å². The Hall–Kier alpha value is -2.39. The third-order valence-corrected chi connectivity index (χ3v) is 3.55. The third kappa shape index (κ3) is 5.08. The molecule has 3 heteroatoms. The van der Waals surface area contributed by atoms with Crippen molar-refractivity contribution in [2.75, 3.05) is 18.0 Å². The maximum atomic E-state index is 14.1. The van der Waals surface area contributed by atoms with Crippen molar-refractivity contribution in [3.63, 3.8) is 0 Å². The van der Waals surface area contributed by atoms with Gasteiger partial charge in [0.25, 0.3) is 0 Å². The van der Waals surface area contributed by atoms with Gasteiger partial charge in [-0.2, -0.15) is 0 Å². The Morgan fingerprint density at radius 3 is 2.22 bits per heavy atom. The number of nitrogens with one attached hydrogen (secondary N) is 1. The van der Waals surface area contributed by atoms with E-state index in [1.54, 1.807) is 12.2 Å². The molecule has 0 saturated heterocycles. The minimum absolute atomic E-state index is 0.222. The average Bonchev–Trinajstić information content (AvgIpc) is 2.57. The van der Waals surface area contributed by atoms with Crippen LogP contribution in [0.25, 0.3) is 0 Å². The predicted octanol–water partition coefficient (Wildman–Crippen LogP) is 4.29. The summed E-state index contributed by atoms with van der Waals surface area (Å²) in [5, 5.41) is 3.39. The van der Waals surface area contributed by atoms with Crippen LogP contribution >= 0.6 is 0 Å². The fraction of sp³-hybridized carbons (Fsp3) is 0.200. The van der Waals surface area contributed by atoms with Gasteiger partial charge in [-0.1, -0.05) is 48.6 Å². The van der Waals surface area contributed by atoms with Crippen molar-refractivity contribution >= 4 is 5.69 Å².